The van der Waals surface area contributed by atoms with Gasteiger partial charge >= 0.3 is 0 Å². The minimum Gasteiger partial charge on any atom is -0.342 e. The number of nitrogens with zero attached hydrogens (tertiary/aromatic N) is 1. The average Bonchev–Trinajstić information content (AvgIpc) is 2.74. The van der Waals surface area contributed by atoms with Crippen LogP contribution in [0, 0.1) is 16.7 Å². The highest BCUT2D eigenvalue weighted by Gasteiger charge is 2.42. The van der Waals surface area contributed by atoms with Crippen molar-refractivity contribution in [2.24, 2.45) is 22.5 Å². The fourth-order valence-corrected chi connectivity index (χ4v) is 4.06. The average molecular weight is 280 g/mol. The molecule has 0 radical (unpaired) electrons. The summed E-state index contributed by atoms with van der Waals surface area (Å²) in [6, 6.07) is 0. The monoisotopic (exact) mass is 280 g/mol. The van der Waals surface area contributed by atoms with Gasteiger partial charge in [-0.25, -0.2) is 0 Å². The Hall–Kier alpha value is -0.570. The number of carbonyl (C=O) groups is 1. The quantitative estimate of drug-likeness (QED) is 0.844. The Morgan fingerprint density at radius 1 is 1.15 bits per heavy atom. The van der Waals surface area contributed by atoms with Crippen LogP contribution in [0.15, 0.2) is 0 Å². The van der Waals surface area contributed by atoms with Crippen molar-refractivity contribution in [3.63, 3.8) is 0 Å². The van der Waals surface area contributed by atoms with Gasteiger partial charge in [-0.05, 0) is 43.4 Å². The van der Waals surface area contributed by atoms with Crippen LogP contribution in [0.25, 0.3) is 0 Å². The standard InChI is InChI=1S/C17H32N2O/c1-16(2,3)14-7-6-11-19(12-8-14)15(20)17(13-18)9-4-5-10-17/h14H,4-13,18H2,1-3H3. The van der Waals surface area contributed by atoms with Crippen molar-refractivity contribution in [3.8, 4) is 0 Å². The van der Waals surface area contributed by atoms with Gasteiger partial charge in [0.05, 0.1) is 5.41 Å². The SMILES string of the molecule is CC(C)(C)C1CCCN(C(=O)C2(CN)CCCC2)CC1. The topological polar surface area (TPSA) is 46.3 Å². The van der Waals surface area contributed by atoms with Crippen LogP contribution in [-0.2, 0) is 4.79 Å². The molecule has 2 rings (SSSR count). The number of hydrogen-bond donors (Lipinski definition) is 1. The molecule has 0 aromatic rings. The van der Waals surface area contributed by atoms with Crippen molar-refractivity contribution >= 4 is 5.91 Å². The third kappa shape index (κ3) is 3.19. The Kier molecular flexibility index (Phi) is 4.78. The van der Waals surface area contributed by atoms with E-state index in [9.17, 15) is 4.79 Å². The minimum absolute atomic E-state index is 0.221. The van der Waals surface area contributed by atoms with E-state index in [-0.39, 0.29) is 5.41 Å². The van der Waals surface area contributed by atoms with Gasteiger partial charge in [0.2, 0.25) is 5.91 Å². The van der Waals surface area contributed by atoms with Gasteiger partial charge in [0.1, 0.15) is 0 Å². The first kappa shape index (κ1) is 15.8. The van der Waals surface area contributed by atoms with E-state index >= 15 is 0 Å². The van der Waals surface area contributed by atoms with E-state index in [0.717, 1.165) is 44.7 Å². The van der Waals surface area contributed by atoms with Crippen LogP contribution in [0.5, 0.6) is 0 Å². The van der Waals surface area contributed by atoms with Crippen molar-refractivity contribution in [2.75, 3.05) is 19.6 Å². The number of carbonyl (C=O) groups excluding carboxylic acids is 1. The van der Waals surface area contributed by atoms with Gasteiger partial charge in [0.25, 0.3) is 0 Å². The number of rotatable bonds is 2. The molecule has 0 spiro atoms. The number of nitrogens with two attached hydrogens (primary N) is 1. The minimum atomic E-state index is -0.221. The molecule has 1 unspecified atom stereocenters. The largest absolute Gasteiger partial charge is 0.342 e. The Balaban J connectivity index is 2.01. The second-order valence-corrected chi connectivity index (χ2v) is 7.98. The van der Waals surface area contributed by atoms with E-state index in [4.69, 9.17) is 5.73 Å². The van der Waals surface area contributed by atoms with Crippen molar-refractivity contribution in [1.82, 2.24) is 4.90 Å². The predicted molar refractivity (Wildman–Crippen MR) is 83.3 cm³/mol. The van der Waals surface area contributed by atoms with Crippen LogP contribution in [0.4, 0.5) is 0 Å². The highest BCUT2D eigenvalue weighted by Crippen LogP contribution is 2.40. The molecule has 1 saturated heterocycles. The van der Waals surface area contributed by atoms with Gasteiger partial charge in [-0.1, -0.05) is 33.6 Å². The zero-order valence-corrected chi connectivity index (χ0v) is 13.6. The lowest BCUT2D eigenvalue weighted by atomic mass is 9.77. The van der Waals surface area contributed by atoms with Crippen LogP contribution >= 0.6 is 0 Å². The molecule has 20 heavy (non-hydrogen) atoms. The van der Waals surface area contributed by atoms with Crippen molar-refractivity contribution in [2.45, 2.75) is 65.7 Å². The lowest BCUT2D eigenvalue weighted by Gasteiger charge is -2.33. The van der Waals surface area contributed by atoms with Crippen LogP contribution in [-0.4, -0.2) is 30.4 Å². The molecule has 3 nitrogen and oxygen atoms in total. The Morgan fingerprint density at radius 2 is 1.80 bits per heavy atom. The summed E-state index contributed by atoms with van der Waals surface area (Å²) in [6.07, 6.45) is 7.89. The second-order valence-electron chi connectivity index (χ2n) is 7.98. The lowest BCUT2D eigenvalue weighted by Crippen LogP contribution is -2.47. The lowest BCUT2D eigenvalue weighted by molar-refractivity contribution is -0.141. The molecule has 1 saturated carbocycles. The van der Waals surface area contributed by atoms with Crippen molar-refractivity contribution in [3.05, 3.63) is 0 Å². The van der Waals surface area contributed by atoms with E-state index in [1.165, 1.54) is 19.3 Å². The molecule has 1 aliphatic carbocycles. The highest BCUT2D eigenvalue weighted by molar-refractivity contribution is 5.83. The molecular weight excluding hydrogens is 248 g/mol. The fraction of sp³-hybridized carbons (Fsp3) is 0.941. The third-order valence-corrected chi connectivity index (χ3v) is 5.65. The molecule has 1 aliphatic heterocycles. The molecule has 0 bridgehead atoms. The molecule has 0 aromatic carbocycles. The Bertz CT molecular complexity index is 339. The molecule has 2 aliphatic rings. The second kappa shape index (κ2) is 6.05. The molecule has 2 N–H and O–H groups in total. The molecule has 1 heterocycles. The van der Waals surface area contributed by atoms with E-state index in [1.807, 2.05) is 0 Å². The molecule has 1 amide bonds. The molecule has 1 atom stereocenters. The zero-order valence-electron chi connectivity index (χ0n) is 13.6. The van der Waals surface area contributed by atoms with Gasteiger partial charge in [0, 0.05) is 19.6 Å². The van der Waals surface area contributed by atoms with Crippen LogP contribution in [0.2, 0.25) is 0 Å². The maximum absolute atomic E-state index is 12.9. The van der Waals surface area contributed by atoms with E-state index in [1.54, 1.807) is 0 Å². The molecular formula is C17H32N2O. The fourth-order valence-electron chi connectivity index (χ4n) is 4.06. The van der Waals surface area contributed by atoms with E-state index < -0.39 is 0 Å². The van der Waals surface area contributed by atoms with E-state index in [0.29, 0.717) is 17.9 Å². The number of amides is 1. The molecule has 3 heteroatoms. The van der Waals surface area contributed by atoms with Crippen molar-refractivity contribution < 1.29 is 4.79 Å². The number of likely N-dealkylation sites (tertiary alicyclic amines) is 1. The van der Waals surface area contributed by atoms with Crippen LogP contribution < -0.4 is 5.73 Å². The molecule has 116 valence electrons. The molecule has 0 aromatic heterocycles. The maximum atomic E-state index is 12.9. The summed E-state index contributed by atoms with van der Waals surface area (Å²) in [4.78, 5) is 15.0. The Morgan fingerprint density at radius 3 is 2.35 bits per heavy atom. The van der Waals surface area contributed by atoms with Gasteiger partial charge in [-0.3, -0.25) is 4.79 Å². The summed E-state index contributed by atoms with van der Waals surface area (Å²) < 4.78 is 0. The summed E-state index contributed by atoms with van der Waals surface area (Å²) in [5, 5.41) is 0. The summed E-state index contributed by atoms with van der Waals surface area (Å²) in [7, 11) is 0. The van der Waals surface area contributed by atoms with Crippen LogP contribution in [0.3, 0.4) is 0 Å². The highest BCUT2D eigenvalue weighted by atomic mass is 16.2. The first-order valence-corrected chi connectivity index (χ1v) is 8.38. The summed E-state index contributed by atoms with van der Waals surface area (Å²) in [5.41, 5.74) is 6.10. The van der Waals surface area contributed by atoms with Crippen LogP contribution in [0.1, 0.15) is 65.7 Å². The zero-order chi connectivity index (χ0) is 14.8. The van der Waals surface area contributed by atoms with Gasteiger partial charge < -0.3 is 10.6 Å². The third-order valence-electron chi connectivity index (χ3n) is 5.65. The van der Waals surface area contributed by atoms with Crippen molar-refractivity contribution in [1.29, 1.82) is 0 Å². The first-order valence-electron chi connectivity index (χ1n) is 8.38. The predicted octanol–water partition coefficient (Wildman–Crippen LogP) is 3.18. The normalized spacial score (nSPS) is 27.4. The maximum Gasteiger partial charge on any atom is 0.230 e. The number of hydrogen-bond acceptors (Lipinski definition) is 2. The van der Waals surface area contributed by atoms with Gasteiger partial charge in [0.15, 0.2) is 0 Å². The summed E-state index contributed by atoms with van der Waals surface area (Å²) in [5.74, 6) is 1.09. The van der Waals surface area contributed by atoms with E-state index in [2.05, 4.69) is 25.7 Å². The summed E-state index contributed by atoms with van der Waals surface area (Å²) >= 11 is 0. The smallest absolute Gasteiger partial charge is 0.230 e. The van der Waals surface area contributed by atoms with Gasteiger partial charge in [-0.2, -0.15) is 0 Å². The first-order chi connectivity index (χ1) is 9.39. The summed E-state index contributed by atoms with van der Waals surface area (Å²) in [6.45, 7) is 9.38. The Labute approximate surface area is 124 Å². The molecule has 2 fully saturated rings. The van der Waals surface area contributed by atoms with Gasteiger partial charge in [-0.15, -0.1) is 0 Å².